The Morgan fingerprint density at radius 3 is 3.04 bits per heavy atom. The summed E-state index contributed by atoms with van der Waals surface area (Å²) in [7, 11) is 0. The summed E-state index contributed by atoms with van der Waals surface area (Å²) >= 11 is 0.264. The summed E-state index contributed by atoms with van der Waals surface area (Å²) in [4.78, 5) is 16.2. The van der Waals surface area contributed by atoms with Crippen molar-refractivity contribution >= 4 is 17.7 Å². The number of aryl methyl sites for hydroxylation is 1. The van der Waals surface area contributed by atoms with E-state index in [1.807, 2.05) is 4.57 Å². The summed E-state index contributed by atoms with van der Waals surface area (Å²) in [6, 6.07) is 3.03. The number of thioether (sulfide) groups is 1. The van der Waals surface area contributed by atoms with Crippen LogP contribution >= 0.6 is 11.8 Å². The second-order valence-corrected chi connectivity index (χ2v) is 6.39. The molecule has 0 unspecified atom stereocenters. The first kappa shape index (κ1) is 16.8. The lowest BCUT2D eigenvalue weighted by Crippen LogP contribution is -2.25. The van der Waals surface area contributed by atoms with Gasteiger partial charge in [0.05, 0.1) is 12.1 Å². The van der Waals surface area contributed by atoms with Crippen molar-refractivity contribution in [1.82, 2.24) is 25.1 Å². The topological polar surface area (TPSA) is 72.7 Å². The van der Waals surface area contributed by atoms with Crippen molar-refractivity contribution in [1.29, 1.82) is 0 Å². The molecule has 0 saturated heterocycles. The highest BCUT2D eigenvalue weighted by Gasteiger charge is 2.18. The van der Waals surface area contributed by atoms with E-state index in [2.05, 4.69) is 20.5 Å². The van der Waals surface area contributed by atoms with E-state index in [4.69, 9.17) is 0 Å². The predicted molar refractivity (Wildman–Crippen MR) is 84.8 cm³/mol. The molecule has 1 amide bonds. The normalized spacial score (nSPS) is 14.3. The molecule has 9 heteroatoms. The third-order valence-corrected chi connectivity index (χ3v) is 4.54. The van der Waals surface area contributed by atoms with Crippen LogP contribution in [0.3, 0.4) is 0 Å². The summed E-state index contributed by atoms with van der Waals surface area (Å²) in [5.41, 5.74) is 0.137. The fraction of sp³-hybridized carbons (Fsp3) is 0.467. The maximum absolute atomic E-state index is 12.6. The Labute approximate surface area is 142 Å². The molecule has 0 bridgehead atoms. The van der Waals surface area contributed by atoms with Gasteiger partial charge in [0.1, 0.15) is 10.9 Å². The quantitative estimate of drug-likeness (QED) is 0.837. The lowest BCUT2D eigenvalue weighted by molar-refractivity contribution is 0.0945. The summed E-state index contributed by atoms with van der Waals surface area (Å²) in [5.74, 6) is -1.45. The first-order chi connectivity index (χ1) is 11.6. The Hall–Kier alpha value is -2.03. The van der Waals surface area contributed by atoms with E-state index < -0.39 is 11.7 Å². The number of hydrogen-bond acceptors (Lipinski definition) is 5. The highest BCUT2D eigenvalue weighted by molar-refractivity contribution is 7.99. The molecule has 0 spiro atoms. The highest BCUT2D eigenvalue weighted by atomic mass is 32.2. The first-order valence-corrected chi connectivity index (χ1v) is 8.62. The molecule has 1 N–H and O–H groups in total. The van der Waals surface area contributed by atoms with Crippen LogP contribution in [0.4, 0.5) is 8.78 Å². The van der Waals surface area contributed by atoms with Crippen LogP contribution in [0.2, 0.25) is 0 Å². The van der Waals surface area contributed by atoms with Crippen molar-refractivity contribution in [3.63, 3.8) is 0 Å². The number of halogens is 2. The van der Waals surface area contributed by atoms with Gasteiger partial charge in [0.25, 0.3) is 11.7 Å². The zero-order valence-electron chi connectivity index (χ0n) is 12.9. The SMILES string of the molecule is O=C(NCc1nnc2n1CCCCC2)c1cccnc1SC(F)F. The summed E-state index contributed by atoms with van der Waals surface area (Å²) < 4.78 is 27.2. The third kappa shape index (κ3) is 3.89. The van der Waals surface area contributed by atoms with Gasteiger partial charge in [-0.05, 0) is 36.7 Å². The molecule has 0 saturated carbocycles. The van der Waals surface area contributed by atoms with E-state index in [-0.39, 0.29) is 28.9 Å². The smallest absolute Gasteiger partial charge is 0.290 e. The van der Waals surface area contributed by atoms with Gasteiger partial charge in [-0.25, -0.2) is 4.98 Å². The Morgan fingerprint density at radius 1 is 1.33 bits per heavy atom. The van der Waals surface area contributed by atoms with Gasteiger partial charge in [-0.3, -0.25) is 4.79 Å². The van der Waals surface area contributed by atoms with Gasteiger partial charge in [-0.1, -0.05) is 6.42 Å². The monoisotopic (exact) mass is 353 g/mol. The Bertz CT molecular complexity index is 722. The number of amides is 1. The number of hydrogen-bond donors (Lipinski definition) is 1. The zero-order valence-corrected chi connectivity index (χ0v) is 13.7. The largest absolute Gasteiger partial charge is 0.345 e. The van der Waals surface area contributed by atoms with Crippen LogP contribution in [-0.2, 0) is 19.5 Å². The van der Waals surface area contributed by atoms with E-state index in [0.29, 0.717) is 5.82 Å². The number of carbonyl (C=O) groups excluding carboxylic acids is 1. The Kier molecular flexibility index (Phi) is 5.39. The zero-order chi connectivity index (χ0) is 16.9. The van der Waals surface area contributed by atoms with Gasteiger partial charge >= 0.3 is 0 Å². The summed E-state index contributed by atoms with van der Waals surface area (Å²) in [6.07, 6.45) is 5.58. The average Bonchev–Trinajstić information content (AvgIpc) is 2.79. The molecule has 3 heterocycles. The van der Waals surface area contributed by atoms with Crippen molar-refractivity contribution in [2.24, 2.45) is 0 Å². The minimum Gasteiger partial charge on any atom is -0.345 e. The van der Waals surface area contributed by atoms with Gasteiger partial charge in [0.15, 0.2) is 5.82 Å². The molecule has 1 aliphatic rings. The second kappa shape index (κ2) is 7.69. The molecule has 24 heavy (non-hydrogen) atoms. The number of rotatable bonds is 5. The third-order valence-electron chi connectivity index (χ3n) is 3.81. The van der Waals surface area contributed by atoms with Gasteiger partial charge in [0.2, 0.25) is 0 Å². The Morgan fingerprint density at radius 2 is 2.21 bits per heavy atom. The number of nitrogens with one attached hydrogen (secondary N) is 1. The number of carbonyl (C=O) groups is 1. The fourth-order valence-electron chi connectivity index (χ4n) is 2.67. The van der Waals surface area contributed by atoms with Crippen LogP contribution in [0, 0.1) is 0 Å². The highest BCUT2D eigenvalue weighted by Crippen LogP contribution is 2.26. The number of fused-ring (bicyclic) bond motifs is 1. The number of nitrogens with zero attached hydrogens (tertiary/aromatic N) is 4. The molecule has 3 rings (SSSR count). The number of alkyl halides is 2. The molecule has 1 aliphatic heterocycles. The predicted octanol–water partition coefficient (Wildman–Crippen LogP) is 2.64. The van der Waals surface area contributed by atoms with Crippen molar-refractivity contribution in [3.05, 3.63) is 35.5 Å². The van der Waals surface area contributed by atoms with Crippen LogP contribution in [0.25, 0.3) is 0 Å². The maximum Gasteiger partial charge on any atom is 0.290 e. The van der Waals surface area contributed by atoms with E-state index >= 15 is 0 Å². The molecule has 2 aromatic heterocycles. The molecule has 0 fully saturated rings. The minimum absolute atomic E-state index is 0.0186. The first-order valence-electron chi connectivity index (χ1n) is 7.74. The number of pyridine rings is 1. The minimum atomic E-state index is -2.63. The van der Waals surface area contributed by atoms with Crippen molar-refractivity contribution in [2.45, 2.75) is 49.6 Å². The van der Waals surface area contributed by atoms with Crippen LogP contribution < -0.4 is 5.32 Å². The molecule has 2 aromatic rings. The van der Waals surface area contributed by atoms with Crippen LogP contribution in [0.1, 0.15) is 41.3 Å². The summed E-state index contributed by atoms with van der Waals surface area (Å²) in [5, 5.41) is 11.0. The second-order valence-electron chi connectivity index (χ2n) is 5.41. The van der Waals surface area contributed by atoms with E-state index in [9.17, 15) is 13.6 Å². The molecule has 0 aliphatic carbocycles. The van der Waals surface area contributed by atoms with Crippen molar-refractivity contribution < 1.29 is 13.6 Å². The van der Waals surface area contributed by atoms with E-state index in [0.717, 1.165) is 38.1 Å². The van der Waals surface area contributed by atoms with Crippen molar-refractivity contribution in [2.75, 3.05) is 0 Å². The van der Waals surface area contributed by atoms with Gasteiger partial charge in [-0.2, -0.15) is 8.78 Å². The number of aromatic nitrogens is 4. The van der Waals surface area contributed by atoms with Gasteiger partial charge < -0.3 is 9.88 Å². The molecular weight excluding hydrogens is 336 g/mol. The Balaban J connectivity index is 1.69. The lowest BCUT2D eigenvalue weighted by atomic mass is 10.2. The molecule has 0 atom stereocenters. The maximum atomic E-state index is 12.6. The molecule has 0 aromatic carbocycles. The van der Waals surface area contributed by atoms with Gasteiger partial charge in [-0.15, -0.1) is 10.2 Å². The lowest BCUT2D eigenvalue weighted by Gasteiger charge is -2.10. The van der Waals surface area contributed by atoms with Crippen LogP contribution in [0.5, 0.6) is 0 Å². The molecule has 6 nitrogen and oxygen atoms in total. The molecular formula is C15H17F2N5OS. The standard InChI is InChI=1S/C15H17F2N5OS/c16-15(17)24-14-10(5-4-7-18-14)13(23)19-9-12-21-20-11-6-2-1-3-8-22(11)12/h4-5,7,15H,1-3,6,8-9H2,(H,19,23). The van der Waals surface area contributed by atoms with Crippen LogP contribution in [0.15, 0.2) is 23.4 Å². The average molecular weight is 353 g/mol. The van der Waals surface area contributed by atoms with Gasteiger partial charge in [0, 0.05) is 19.2 Å². The van der Waals surface area contributed by atoms with Crippen molar-refractivity contribution in [3.8, 4) is 0 Å². The van der Waals surface area contributed by atoms with E-state index in [1.165, 1.54) is 12.3 Å². The molecule has 128 valence electrons. The van der Waals surface area contributed by atoms with Crippen LogP contribution in [-0.4, -0.2) is 31.4 Å². The fourth-order valence-corrected chi connectivity index (χ4v) is 3.25. The van der Waals surface area contributed by atoms with E-state index in [1.54, 1.807) is 6.07 Å². The summed E-state index contributed by atoms with van der Waals surface area (Å²) in [6.45, 7) is 1.05. The molecule has 0 radical (unpaired) electrons.